The largest absolute Gasteiger partial charge is 0.465 e. The number of urea groups is 1. The van der Waals surface area contributed by atoms with Crippen molar-refractivity contribution in [3.8, 4) is 12.3 Å². The summed E-state index contributed by atoms with van der Waals surface area (Å²) in [4.78, 5) is 26.5. The Hall–Kier alpha value is -3.28. The van der Waals surface area contributed by atoms with Gasteiger partial charge in [0, 0.05) is 30.9 Å². The number of carbonyl (C=O) groups excluding carboxylic acids is 2. The molecule has 0 saturated carbocycles. The predicted molar refractivity (Wildman–Crippen MR) is 113 cm³/mol. The van der Waals surface area contributed by atoms with Gasteiger partial charge in [0.05, 0.1) is 25.8 Å². The first-order valence-corrected chi connectivity index (χ1v) is 9.81. The van der Waals surface area contributed by atoms with Gasteiger partial charge in [-0.25, -0.2) is 4.79 Å². The van der Waals surface area contributed by atoms with Crippen LogP contribution in [0, 0.1) is 19.3 Å². The van der Waals surface area contributed by atoms with Crippen LogP contribution in [-0.4, -0.2) is 56.2 Å². The number of nitrogens with one attached hydrogen (secondary N) is 3. The SMILES string of the molecule is C#Cc1cccc(NC(=O)CNC(=O)NCC(c2ccc(C)o2)N2CCOCC2)c1. The first-order chi connectivity index (χ1) is 14.5. The summed E-state index contributed by atoms with van der Waals surface area (Å²) in [6.45, 7) is 4.88. The summed E-state index contributed by atoms with van der Waals surface area (Å²) in [7, 11) is 0. The van der Waals surface area contributed by atoms with E-state index in [1.807, 2.05) is 19.1 Å². The molecule has 0 aliphatic carbocycles. The third kappa shape index (κ3) is 6.11. The number of furan rings is 1. The summed E-state index contributed by atoms with van der Waals surface area (Å²) >= 11 is 0. The highest BCUT2D eigenvalue weighted by Gasteiger charge is 2.25. The maximum Gasteiger partial charge on any atom is 0.315 e. The number of nitrogens with zero attached hydrogens (tertiary/aromatic N) is 1. The van der Waals surface area contributed by atoms with E-state index < -0.39 is 6.03 Å². The monoisotopic (exact) mass is 410 g/mol. The Labute approximate surface area is 176 Å². The minimum absolute atomic E-state index is 0.103. The van der Waals surface area contributed by atoms with Crippen molar-refractivity contribution in [1.29, 1.82) is 0 Å². The number of hydrogen-bond acceptors (Lipinski definition) is 5. The molecular formula is C22H26N4O4. The van der Waals surface area contributed by atoms with Gasteiger partial charge < -0.3 is 25.1 Å². The standard InChI is InChI=1S/C22H26N4O4/c1-3-17-5-4-6-18(13-17)25-21(27)15-24-22(28)23-14-19(20-8-7-16(2)30-20)26-9-11-29-12-10-26/h1,4-8,13,19H,9-12,14-15H2,2H3,(H,25,27)(H2,23,24,28). The molecule has 30 heavy (non-hydrogen) atoms. The van der Waals surface area contributed by atoms with Crippen molar-refractivity contribution < 1.29 is 18.7 Å². The van der Waals surface area contributed by atoms with Gasteiger partial charge >= 0.3 is 6.03 Å². The van der Waals surface area contributed by atoms with Crippen molar-refractivity contribution in [3.63, 3.8) is 0 Å². The number of amides is 3. The van der Waals surface area contributed by atoms with Crippen molar-refractivity contribution in [2.24, 2.45) is 0 Å². The van der Waals surface area contributed by atoms with Crippen LogP contribution < -0.4 is 16.0 Å². The molecule has 3 amide bonds. The summed E-state index contributed by atoms with van der Waals surface area (Å²) < 4.78 is 11.2. The van der Waals surface area contributed by atoms with E-state index in [0.717, 1.165) is 24.6 Å². The summed E-state index contributed by atoms with van der Waals surface area (Å²) in [6, 6.07) is 10.3. The van der Waals surface area contributed by atoms with Crippen LogP contribution in [0.5, 0.6) is 0 Å². The molecule has 0 bridgehead atoms. The first-order valence-electron chi connectivity index (χ1n) is 9.81. The molecule has 8 nitrogen and oxygen atoms in total. The van der Waals surface area contributed by atoms with E-state index in [0.29, 0.717) is 31.0 Å². The normalized spacial score (nSPS) is 15.1. The summed E-state index contributed by atoms with van der Waals surface area (Å²) in [5, 5.41) is 8.10. The number of rotatable bonds is 7. The Balaban J connectivity index is 1.49. The summed E-state index contributed by atoms with van der Waals surface area (Å²) in [5.41, 5.74) is 1.25. The fraction of sp³-hybridized carbons (Fsp3) is 0.364. The molecule has 1 atom stereocenters. The van der Waals surface area contributed by atoms with Gasteiger partial charge in [0.25, 0.3) is 0 Å². The molecule has 2 aromatic rings. The Kier molecular flexibility index (Phi) is 7.49. The number of morpholine rings is 1. The van der Waals surface area contributed by atoms with Crippen LogP contribution in [0.3, 0.4) is 0 Å². The number of carbonyl (C=O) groups is 2. The van der Waals surface area contributed by atoms with Crippen molar-refractivity contribution in [3.05, 3.63) is 53.5 Å². The smallest absolute Gasteiger partial charge is 0.315 e. The molecule has 158 valence electrons. The number of hydrogen-bond donors (Lipinski definition) is 3. The minimum atomic E-state index is -0.427. The Bertz CT molecular complexity index is 912. The maximum absolute atomic E-state index is 12.2. The number of anilines is 1. The lowest BCUT2D eigenvalue weighted by Crippen LogP contribution is -2.46. The molecule has 3 N–H and O–H groups in total. The van der Waals surface area contributed by atoms with Crippen molar-refractivity contribution >= 4 is 17.6 Å². The fourth-order valence-corrected chi connectivity index (χ4v) is 3.24. The highest BCUT2D eigenvalue weighted by molar-refractivity contribution is 5.94. The third-order valence-corrected chi connectivity index (χ3v) is 4.75. The zero-order chi connectivity index (χ0) is 21.3. The van der Waals surface area contributed by atoms with Crippen LogP contribution in [0.2, 0.25) is 0 Å². The van der Waals surface area contributed by atoms with Gasteiger partial charge in [0.15, 0.2) is 0 Å². The Morgan fingerprint density at radius 3 is 2.70 bits per heavy atom. The maximum atomic E-state index is 12.2. The van der Waals surface area contributed by atoms with Crippen LogP contribution in [0.25, 0.3) is 0 Å². The number of aryl methyl sites for hydroxylation is 1. The average Bonchev–Trinajstić information content (AvgIpc) is 3.19. The molecular weight excluding hydrogens is 384 g/mol. The van der Waals surface area contributed by atoms with Crippen LogP contribution in [-0.2, 0) is 9.53 Å². The minimum Gasteiger partial charge on any atom is -0.465 e. The van der Waals surface area contributed by atoms with Crippen molar-refractivity contribution in [2.45, 2.75) is 13.0 Å². The number of terminal acetylenes is 1. The third-order valence-electron chi connectivity index (χ3n) is 4.75. The molecule has 8 heteroatoms. The second-order valence-electron chi connectivity index (χ2n) is 6.95. The van der Waals surface area contributed by atoms with Gasteiger partial charge in [-0.05, 0) is 37.3 Å². The van der Waals surface area contributed by atoms with Crippen LogP contribution in [0.4, 0.5) is 10.5 Å². The molecule has 1 aliphatic heterocycles. The Morgan fingerprint density at radius 1 is 1.20 bits per heavy atom. The highest BCUT2D eigenvalue weighted by atomic mass is 16.5. The lowest BCUT2D eigenvalue weighted by molar-refractivity contribution is -0.115. The number of ether oxygens (including phenoxy) is 1. The lowest BCUT2D eigenvalue weighted by atomic mass is 10.1. The van der Waals surface area contributed by atoms with E-state index in [4.69, 9.17) is 15.6 Å². The quantitative estimate of drug-likeness (QED) is 0.606. The van der Waals surface area contributed by atoms with E-state index in [1.54, 1.807) is 24.3 Å². The van der Waals surface area contributed by atoms with Gasteiger partial charge in [-0.3, -0.25) is 9.69 Å². The predicted octanol–water partition coefficient (Wildman–Crippen LogP) is 1.88. The molecule has 1 unspecified atom stereocenters. The molecule has 1 saturated heterocycles. The molecule has 1 aromatic heterocycles. The van der Waals surface area contributed by atoms with E-state index in [1.165, 1.54) is 0 Å². The summed E-state index contributed by atoms with van der Waals surface area (Å²) in [5.74, 6) is 3.78. The van der Waals surface area contributed by atoms with E-state index >= 15 is 0 Å². The van der Waals surface area contributed by atoms with Crippen LogP contribution >= 0.6 is 0 Å². The topological polar surface area (TPSA) is 95.8 Å². The van der Waals surface area contributed by atoms with E-state index in [9.17, 15) is 9.59 Å². The molecule has 0 radical (unpaired) electrons. The average molecular weight is 410 g/mol. The van der Waals surface area contributed by atoms with Gasteiger partial charge in [-0.2, -0.15) is 0 Å². The lowest BCUT2D eigenvalue weighted by Gasteiger charge is -2.33. The van der Waals surface area contributed by atoms with Gasteiger partial charge in [0.1, 0.15) is 11.5 Å². The number of benzene rings is 1. The van der Waals surface area contributed by atoms with Gasteiger partial charge in [-0.15, -0.1) is 6.42 Å². The van der Waals surface area contributed by atoms with Crippen LogP contribution in [0.15, 0.2) is 40.8 Å². The molecule has 1 fully saturated rings. The molecule has 1 aromatic carbocycles. The molecule has 1 aliphatic rings. The fourth-order valence-electron chi connectivity index (χ4n) is 3.24. The second-order valence-corrected chi connectivity index (χ2v) is 6.95. The zero-order valence-electron chi connectivity index (χ0n) is 16.9. The van der Waals surface area contributed by atoms with E-state index in [-0.39, 0.29) is 18.5 Å². The van der Waals surface area contributed by atoms with Crippen molar-refractivity contribution in [1.82, 2.24) is 15.5 Å². The second kappa shape index (κ2) is 10.5. The van der Waals surface area contributed by atoms with E-state index in [2.05, 4.69) is 26.8 Å². The first kappa shape index (κ1) is 21.4. The molecule has 3 rings (SSSR count). The summed E-state index contributed by atoms with van der Waals surface area (Å²) in [6.07, 6.45) is 5.36. The van der Waals surface area contributed by atoms with Crippen molar-refractivity contribution in [2.75, 3.05) is 44.7 Å². The Morgan fingerprint density at radius 2 is 2.00 bits per heavy atom. The molecule has 2 heterocycles. The molecule has 0 spiro atoms. The van der Waals surface area contributed by atoms with Gasteiger partial charge in [0.2, 0.25) is 5.91 Å². The zero-order valence-corrected chi connectivity index (χ0v) is 16.9. The van der Waals surface area contributed by atoms with Crippen LogP contribution in [0.1, 0.15) is 23.1 Å². The highest BCUT2D eigenvalue weighted by Crippen LogP contribution is 2.23. The van der Waals surface area contributed by atoms with Gasteiger partial charge in [-0.1, -0.05) is 12.0 Å².